The number of aliphatic hydroxyl groups is 1. The molecule has 138 valence electrons. The SMILES string of the molecule is CN(c1ccccc1)c1ccc(CN2C[C@@H]3COCC[C@]3(CO)C2)cc1. The Kier molecular flexibility index (Phi) is 4.98. The van der Waals surface area contributed by atoms with Crippen molar-refractivity contribution in [3.05, 3.63) is 60.2 Å². The van der Waals surface area contributed by atoms with Crippen LogP contribution in [-0.4, -0.2) is 50.0 Å². The van der Waals surface area contributed by atoms with Crippen LogP contribution < -0.4 is 4.90 Å². The first-order valence-corrected chi connectivity index (χ1v) is 9.49. The van der Waals surface area contributed by atoms with Crippen LogP contribution in [0.5, 0.6) is 0 Å². The number of ether oxygens (including phenoxy) is 1. The Bertz CT molecular complexity index is 719. The molecular formula is C22H28N2O2. The van der Waals surface area contributed by atoms with E-state index in [4.69, 9.17) is 4.74 Å². The van der Waals surface area contributed by atoms with Gasteiger partial charge in [0.15, 0.2) is 0 Å². The second-order valence-corrected chi connectivity index (χ2v) is 7.77. The Balaban J connectivity index is 1.42. The molecule has 0 unspecified atom stereocenters. The molecule has 0 spiro atoms. The lowest BCUT2D eigenvalue weighted by atomic mass is 9.75. The largest absolute Gasteiger partial charge is 0.396 e. The molecule has 0 aliphatic carbocycles. The van der Waals surface area contributed by atoms with Gasteiger partial charge in [0.05, 0.1) is 13.2 Å². The van der Waals surface area contributed by atoms with E-state index < -0.39 is 0 Å². The number of benzene rings is 2. The van der Waals surface area contributed by atoms with Crippen LogP contribution >= 0.6 is 0 Å². The molecule has 2 aromatic carbocycles. The van der Waals surface area contributed by atoms with Gasteiger partial charge in [-0.05, 0) is 36.2 Å². The van der Waals surface area contributed by atoms with Crippen LogP contribution in [0, 0.1) is 11.3 Å². The maximum absolute atomic E-state index is 9.95. The first kappa shape index (κ1) is 17.5. The van der Waals surface area contributed by atoms with Crippen LogP contribution in [0.15, 0.2) is 54.6 Å². The van der Waals surface area contributed by atoms with Crippen molar-refractivity contribution in [1.29, 1.82) is 0 Å². The van der Waals surface area contributed by atoms with E-state index in [0.29, 0.717) is 5.92 Å². The van der Waals surface area contributed by atoms with Gasteiger partial charge in [-0.1, -0.05) is 30.3 Å². The highest BCUT2D eigenvalue weighted by Gasteiger charge is 2.47. The van der Waals surface area contributed by atoms with E-state index in [9.17, 15) is 5.11 Å². The summed E-state index contributed by atoms with van der Waals surface area (Å²) in [5.41, 5.74) is 3.75. The van der Waals surface area contributed by atoms with Crippen LogP contribution in [-0.2, 0) is 11.3 Å². The van der Waals surface area contributed by atoms with Crippen molar-refractivity contribution in [3.8, 4) is 0 Å². The topological polar surface area (TPSA) is 35.9 Å². The van der Waals surface area contributed by atoms with Gasteiger partial charge in [-0.2, -0.15) is 0 Å². The minimum Gasteiger partial charge on any atom is -0.396 e. The van der Waals surface area contributed by atoms with E-state index in [1.54, 1.807) is 0 Å². The number of anilines is 2. The molecule has 4 heteroatoms. The molecule has 26 heavy (non-hydrogen) atoms. The summed E-state index contributed by atoms with van der Waals surface area (Å²) in [6, 6.07) is 19.2. The van der Waals surface area contributed by atoms with E-state index in [2.05, 4.69) is 65.4 Å². The Morgan fingerprint density at radius 2 is 1.85 bits per heavy atom. The summed E-state index contributed by atoms with van der Waals surface area (Å²) in [6.07, 6.45) is 0.978. The van der Waals surface area contributed by atoms with Gasteiger partial charge in [0, 0.05) is 56.0 Å². The number of para-hydroxylation sites is 1. The number of fused-ring (bicyclic) bond motifs is 1. The molecule has 0 aromatic heterocycles. The van der Waals surface area contributed by atoms with E-state index >= 15 is 0 Å². The van der Waals surface area contributed by atoms with Gasteiger partial charge in [-0.25, -0.2) is 0 Å². The molecule has 0 radical (unpaired) electrons. The summed E-state index contributed by atoms with van der Waals surface area (Å²) in [6.45, 7) is 4.78. The molecule has 0 bridgehead atoms. The molecule has 4 rings (SSSR count). The molecule has 2 aliphatic rings. The van der Waals surface area contributed by atoms with Crippen molar-refractivity contribution in [2.45, 2.75) is 13.0 Å². The fourth-order valence-electron chi connectivity index (χ4n) is 4.42. The van der Waals surface area contributed by atoms with Crippen LogP contribution in [0.1, 0.15) is 12.0 Å². The molecule has 0 amide bonds. The summed E-state index contributed by atoms with van der Waals surface area (Å²) >= 11 is 0. The first-order chi connectivity index (χ1) is 12.7. The highest BCUT2D eigenvalue weighted by Crippen LogP contribution is 2.42. The van der Waals surface area contributed by atoms with Crippen molar-refractivity contribution in [3.63, 3.8) is 0 Å². The van der Waals surface area contributed by atoms with E-state index in [1.807, 2.05) is 6.07 Å². The van der Waals surface area contributed by atoms with E-state index in [1.165, 1.54) is 16.9 Å². The molecule has 2 atom stereocenters. The normalized spacial score (nSPS) is 25.8. The molecule has 0 saturated carbocycles. The molecular weight excluding hydrogens is 324 g/mol. The zero-order chi connectivity index (χ0) is 18.0. The fraction of sp³-hybridized carbons (Fsp3) is 0.455. The number of hydrogen-bond acceptors (Lipinski definition) is 4. The summed E-state index contributed by atoms with van der Waals surface area (Å²) in [7, 11) is 2.10. The highest BCUT2D eigenvalue weighted by atomic mass is 16.5. The van der Waals surface area contributed by atoms with Crippen molar-refractivity contribution >= 4 is 11.4 Å². The number of rotatable bonds is 5. The van der Waals surface area contributed by atoms with Crippen LogP contribution in [0.25, 0.3) is 0 Å². The molecule has 4 nitrogen and oxygen atoms in total. The minimum absolute atomic E-state index is 0.0473. The lowest BCUT2D eigenvalue weighted by molar-refractivity contribution is -0.0417. The van der Waals surface area contributed by atoms with Crippen LogP contribution in [0.2, 0.25) is 0 Å². The summed E-state index contributed by atoms with van der Waals surface area (Å²) in [5, 5.41) is 9.95. The van der Waals surface area contributed by atoms with Gasteiger partial charge in [0.1, 0.15) is 0 Å². The highest BCUT2D eigenvalue weighted by molar-refractivity contribution is 5.62. The summed E-state index contributed by atoms with van der Waals surface area (Å²) < 4.78 is 5.65. The maximum Gasteiger partial charge on any atom is 0.0513 e. The minimum atomic E-state index is 0.0473. The molecule has 2 aromatic rings. The number of likely N-dealkylation sites (tertiary alicyclic amines) is 1. The van der Waals surface area contributed by atoms with Crippen molar-refractivity contribution in [2.75, 3.05) is 44.9 Å². The quantitative estimate of drug-likeness (QED) is 0.896. The average Bonchev–Trinajstić information content (AvgIpc) is 3.07. The van der Waals surface area contributed by atoms with Crippen molar-refractivity contribution in [2.24, 2.45) is 11.3 Å². The standard InChI is InChI=1S/C22H28N2O2/c1-23(20-5-3-2-4-6-20)21-9-7-18(8-10-21)13-24-14-19-15-26-12-11-22(19,16-24)17-25/h2-10,19,25H,11-17H2,1H3/t19-,22-/m1/s1. The third-order valence-electron chi connectivity index (χ3n) is 6.13. The molecule has 2 fully saturated rings. The Morgan fingerprint density at radius 1 is 1.12 bits per heavy atom. The first-order valence-electron chi connectivity index (χ1n) is 9.49. The van der Waals surface area contributed by atoms with E-state index in [-0.39, 0.29) is 12.0 Å². The zero-order valence-electron chi connectivity index (χ0n) is 15.5. The monoisotopic (exact) mass is 352 g/mol. The third kappa shape index (κ3) is 3.37. The Labute approximate surface area is 156 Å². The average molecular weight is 352 g/mol. The number of aliphatic hydroxyl groups excluding tert-OH is 1. The lowest BCUT2D eigenvalue weighted by Gasteiger charge is -2.36. The molecule has 2 heterocycles. The van der Waals surface area contributed by atoms with Gasteiger partial charge in [0.2, 0.25) is 0 Å². The van der Waals surface area contributed by atoms with Gasteiger partial charge in [0.25, 0.3) is 0 Å². The fourth-order valence-corrected chi connectivity index (χ4v) is 4.42. The Morgan fingerprint density at radius 3 is 2.54 bits per heavy atom. The predicted octanol–water partition coefficient (Wildman–Crippen LogP) is 3.29. The summed E-state index contributed by atoms with van der Waals surface area (Å²) in [4.78, 5) is 4.68. The number of hydrogen-bond donors (Lipinski definition) is 1. The smallest absolute Gasteiger partial charge is 0.0513 e. The zero-order valence-corrected chi connectivity index (χ0v) is 15.5. The van der Waals surface area contributed by atoms with Crippen LogP contribution in [0.4, 0.5) is 11.4 Å². The van der Waals surface area contributed by atoms with Crippen LogP contribution in [0.3, 0.4) is 0 Å². The molecule has 2 aliphatic heterocycles. The Hall–Kier alpha value is -1.88. The molecule has 2 saturated heterocycles. The second kappa shape index (κ2) is 7.39. The van der Waals surface area contributed by atoms with Gasteiger partial charge in [-0.15, -0.1) is 0 Å². The van der Waals surface area contributed by atoms with E-state index in [0.717, 1.165) is 39.3 Å². The summed E-state index contributed by atoms with van der Waals surface area (Å²) in [5.74, 6) is 0.463. The van der Waals surface area contributed by atoms with Gasteiger partial charge in [-0.3, -0.25) is 4.90 Å². The molecule has 1 N–H and O–H groups in total. The van der Waals surface area contributed by atoms with Gasteiger partial charge < -0.3 is 14.7 Å². The van der Waals surface area contributed by atoms with Crippen molar-refractivity contribution in [1.82, 2.24) is 4.90 Å². The van der Waals surface area contributed by atoms with Gasteiger partial charge >= 0.3 is 0 Å². The van der Waals surface area contributed by atoms with Crippen molar-refractivity contribution < 1.29 is 9.84 Å². The predicted molar refractivity (Wildman–Crippen MR) is 105 cm³/mol. The third-order valence-corrected chi connectivity index (χ3v) is 6.13. The lowest BCUT2D eigenvalue weighted by Crippen LogP contribution is -2.41. The number of nitrogens with zero attached hydrogens (tertiary/aromatic N) is 2. The maximum atomic E-state index is 9.95. The second-order valence-electron chi connectivity index (χ2n) is 7.77.